The minimum absolute atomic E-state index is 0.00876. The van der Waals surface area contributed by atoms with Gasteiger partial charge in [-0.25, -0.2) is 4.79 Å². The summed E-state index contributed by atoms with van der Waals surface area (Å²) in [5, 5.41) is 15.3. The molecule has 0 aromatic rings. The van der Waals surface area contributed by atoms with Crippen LogP contribution in [0.1, 0.15) is 52.4 Å². The maximum Gasteiger partial charge on any atom is 0.352 e. The second-order valence-corrected chi connectivity index (χ2v) is 8.13. The molecule has 3 N–H and O–H groups in total. The van der Waals surface area contributed by atoms with Gasteiger partial charge in [0.15, 0.2) is 0 Å². The molecule has 2 fully saturated rings. The third-order valence-electron chi connectivity index (χ3n) is 5.55. The molecule has 1 heterocycles. The van der Waals surface area contributed by atoms with Crippen LogP contribution in [0.5, 0.6) is 0 Å². The predicted octanol–water partition coefficient (Wildman–Crippen LogP) is 1.97. The molecule has 1 aliphatic carbocycles. The lowest BCUT2D eigenvalue weighted by Crippen LogP contribution is -2.49. The Balaban J connectivity index is 1.65. The minimum Gasteiger partial charge on any atom is -0.477 e. The normalized spacial score (nSPS) is 26.3. The number of allylic oxidation sites excluding steroid dienone is 1. The van der Waals surface area contributed by atoms with Crippen LogP contribution in [-0.4, -0.2) is 54.6 Å². The second-order valence-electron chi connectivity index (χ2n) is 8.13. The van der Waals surface area contributed by atoms with E-state index in [1.54, 1.807) is 6.08 Å². The van der Waals surface area contributed by atoms with Crippen LogP contribution in [0.2, 0.25) is 0 Å². The number of hydrogen-bond acceptors (Lipinski definition) is 4. The predicted molar refractivity (Wildman–Crippen MR) is 98.1 cm³/mol. The van der Waals surface area contributed by atoms with Gasteiger partial charge in [0.1, 0.15) is 5.70 Å². The fraction of sp³-hybridized carbons (Fsp3) is 0.789. The first-order valence-corrected chi connectivity index (χ1v) is 9.46. The van der Waals surface area contributed by atoms with Crippen molar-refractivity contribution in [3.63, 3.8) is 0 Å². The zero-order chi connectivity index (χ0) is 18.4. The first-order chi connectivity index (χ1) is 11.8. The van der Waals surface area contributed by atoms with Crippen LogP contribution >= 0.6 is 0 Å². The van der Waals surface area contributed by atoms with Crippen molar-refractivity contribution in [3.8, 4) is 0 Å². The van der Waals surface area contributed by atoms with Gasteiger partial charge in [-0.15, -0.1) is 0 Å². The number of piperazine rings is 1. The molecule has 2 aliphatic rings. The lowest BCUT2D eigenvalue weighted by Gasteiger charge is -2.33. The number of hydrogen-bond donors (Lipinski definition) is 3. The highest BCUT2D eigenvalue weighted by Gasteiger charge is 2.50. The zero-order valence-electron chi connectivity index (χ0n) is 15.8. The van der Waals surface area contributed by atoms with E-state index in [0.717, 1.165) is 45.3 Å². The van der Waals surface area contributed by atoms with Gasteiger partial charge in [-0.1, -0.05) is 32.8 Å². The summed E-state index contributed by atoms with van der Waals surface area (Å²) in [5.74, 6) is -1.27. The van der Waals surface area contributed by atoms with E-state index >= 15 is 0 Å². The monoisotopic (exact) mass is 351 g/mol. The van der Waals surface area contributed by atoms with E-state index in [1.807, 2.05) is 13.8 Å². The number of unbranched alkanes of at least 4 members (excludes halogenated alkanes) is 3. The van der Waals surface area contributed by atoms with Crippen molar-refractivity contribution in [2.75, 3.05) is 26.7 Å². The molecule has 142 valence electrons. The number of rotatable bonds is 9. The fourth-order valence-corrected chi connectivity index (χ4v) is 3.46. The van der Waals surface area contributed by atoms with Gasteiger partial charge in [0, 0.05) is 31.6 Å². The highest BCUT2D eigenvalue weighted by atomic mass is 16.4. The van der Waals surface area contributed by atoms with E-state index < -0.39 is 5.97 Å². The van der Waals surface area contributed by atoms with Gasteiger partial charge in [-0.3, -0.25) is 4.79 Å². The van der Waals surface area contributed by atoms with Gasteiger partial charge < -0.3 is 20.6 Å². The average molecular weight is 351 g/mol. The quantitative estimate of drug-likeness (QED) is 0.437. The molecular weight excluding hydrogens is 318 g/mol. The van der Waals surface area contributed by atoms with Crippen molar-refractivity contribution in [1.82, 2.24) is 15.5 Å². The molecule has 2 atom stereocenters. The van der Waals surface area contributed by atoms with Gasteiger partial charge in [0.2, 0.25) is 5.91 Å². The van der Waals surface area contributed by atoms with Gasteiger partial charge >= 0.3 is 5.97 Å². The van der Waals surface area contributed by atoms with Crippen molar-refractivity contribution < 1.29 is 14.7 Å². The van der Waals surface area contributed by atoms with Gasteiger partial charge in [-0.05, 0) is 38.1 Å². The molecule has 25 heavy (non-hydrogen) atoms. The molecular formula is C19H33N3O3. The summed E-state index contributed by atoms with van der Waals surface area (Å²) < 4.78 is 0. The number of carboxylic acids is 1. The van der Waals surface area contributed by atoms with E-state index in [4.69, 9.17) is 0 Å². The fourth-order valence-electron chi connectivity index (χ4n) is 3.46. The van der Waals surface area contributed by atoms with Crippen molar-refractivity contribution >= 4 is 11.9 Å². The lowest BCUT2D eigenvalue weighted by molar-refractivity contribution is -0.135. The Morgan fingerprint density at radius 3 is 2.64 bits per heavy atom. The van der Waals surface area contributed by atoms with Crippen molar-refractivity contribution in [2.24, 2.45) is 11.3 Å². The van der Waals surface area contributed by atoms with Crippen LogP contribution < -0.4 is 10.6 Å². The Kier molecular flexibility index (Phi) is 7.02. The maximum atomic E-state index is 12.1. The molecule has 0 radical (unpaired) electrons. The largest absolute Gasteiger partial charge is 0.477 e. The van der Waals surface area contributed by atoms with E-state index in [0.29, 0.717) is 12.5 Å². The number of amides is 1. The highest BCUT2D eigenvalue weighted by Crippen LogP contribution is 2.51. The third-order valence-corrected chi connectivity index (χ3v) is 5.55. The van der Waals surface area contributed by atoms with Crippen LogP contribution in [0, 0.1) is 11.3 Å². The number of carboxylic acid groups (broad SMARTS) is 1. The van der Waals surface area contributed by atoms with Gasteiger partial charge in [0.25, 0.3) is 0 Å². The number of nitrogens with zero attached hydrogens (tertiary/aromatic N) is 1. The molecule has 1 amide bonds. The Morgan fingerprint density at radius 1 is 1.32 bits per heavy atom. The Morgan fingerprint density at radius 2 is 2.04 bits per heavy atom. The summed E-state index contributed by atoms with van der Waals surface area (Å²) in [6.45, 7) is 7.29. The maximum absolute atomic E-state index is 12.1. The third kappa shape index (κ3) is 6.12. The number of carbonyl (C=O) groups is 2. The van der Waals surface area contributed by atoms with Crippen molar-refractivity contribution in [1.29, 1.82) is 0 Å². The topological polar surface area (TPSA) is 81.7 Å². The minimum atomic E-state index is -1.05. The molecule has 6 nitrogen and oxygen atoms in total. The number of carbonyl (C=O) groups excluding carboxylic acids is 1. The van der Waals surface area contributed by atoms with Crippen LogP contribution in [0.15, 0.2) is 11.8 Å². The van der Waals surface area contributed by atoms with Gasteiger partial charge in [0.05, 0.1) is 0 Å². The van der Waals surface area contributed by atoms with E-state index in [2.05, 4.69) is 22.6 Å². The first kappa shape index (κ1) is 19.9. The summed E-state index contributed by atoms with van der Waals surface area (Å²) in [5.41, 5.74) is 0.0402. The molecule has 1 saturated carbocycles. The molecule has 2 unspecified atom stereocenters. The summed E-state index contributed by atoms with van der Waals surface area (Å²) in [6.07, 6.45) is 7.53. The molecule has 2 rings (SSSR count). The molecule has 1 saturated heterocycles. The number of likely N-dealkylation sites (N-methyl/N-ethyl adjacent to an activating group) is 1. The smallest absolute Gasteiger partial charge is 0.352 e. The average Bonchev–Trinajstić information content (AvgIpc) is 3.19. The summed E-state index contributed by atoms with van der Waals surface area (Å²) >= 11 is 0. The van der Waals surface area contributed by atoms with Crippen LogP contribution in [0.4, 0.5) is 0 Å². The number of nitrogens with one attached hydrogen (secondary N) is 2. The van der Waals surface area contributed by atoms with E-state index in [1.165, 1.54) is 6.42 Å². The lowest BCUT2D eigenvalue weighted by atomic mass is 10.0. The molecule has 0 aromatic heterocycles. The molecule has 0 bridgehead atoms. The molecule has 0 spiro atoms. The zero-order valence-corrected chi connectivity index (χ0v) is 15.8. The van der Waals surface area contributed by atoms with Crippen molar-refractivity contribution in [2.45, 2.75) is 58.4 Å². The Hall–Kier alpha value is -1.40. The van der Waals surface area contributed by atoms with Crippen molar-refractivity contribution in [3.05, 3.63) is 11.8 Å². The first-order valence-electron chi connectivity index (χ1n) is 9.46. The summed E-state index contributed by atoms with van der Waals surface area (Å²) in [7, 11) is 2.18. The highest BCUT2D eigenvalue weighted by molar-refractivity contribution is 5.94. The summed E-state index contributed by atoms with van der Waals surface area (Å²) in [4.78, 5) is 25.8. The summed E-state index contributed by atoms with van der Waals surface area (Å²) in [6, 6.07) is 0.611. The molecule has 1 aliphatic heterocycles. The van der Waals surface area contributed by atoms with Crippen LogP contribution in [0.25, 0.3) is 0 Å². The molecule has 0 aromatic carbocycles. The van der Waals surface area contributed by atoms with Crippen LogP contribution in [0.3, 0.4) is 0 Å². The van der Waals surface area contributed by atoms with Crippen LogP contribution in [-0.2, 0) is 9.59 Å². The Labute approximate surface area is 151 Å². The number of aliphatic carboxylic acids is 1. The van der Waals surface area contributed by atoms with E-state index in [9.17, 15) is 14.7 Å². The van der Waals surface area contributed by atoms with Gasteiger partial charge in [-0.2, -0.15) is 0 Å². The standard InChI is InChI=1S/C19H33N3O3/c1-19(2)12-15(19)17(23)21-16(18(24)25)9-7-5-4-6-8-14-13-20-10-11-22(14)3/h9,14-15,20H,4-8,10-13H2,1-3H3,(H,21,23)(H,24,25). The van der Waals surface area contributed by atoms with E-state index in [-0.39, 0.29) is 22.9 Å². The Bertz CT molecular complexity index is 516. The molecule has 6 heteroatoms. The second kappa shape index (κ2) is 8.81. The SMILES string of the molecule is CN1CCNCC1CCCCCC=C(NC(=O)C1CC1(C)C)C(=O)O.